The van der Waals surface area contributed by atoms with E-state index >= 15 is 0 Å². The second-order valence-corrected chi connectivity index (χ2v) is 11.6. The standard InChI is InChI=1S/C28H40N2O5/c1-4-28(34)15-12-23-21-9-8-19-17-20(10-13-26(19,2)22(21)11-14-27(23,28)3)30-35-18-24(31)29-16-6-5-7-25(32)33/h1,17,21-23,34H,5-16,18H2,2-3H3,(H,29,31)(H,32,33)/b30-20+/t21-,22+,23+,26+,27+,28+/m1/s1. The Kier molecular flexibility index (Phi) is 7.33. The number of nitrogens with zero attached hydrogens (tertiary/aromatic N) is 1. The third-order valence-corrected chi connectivity index (χ3v) is 9.88. The highest BCUT2D eigenvalue weighted by atomic mass is 16.6. The first-order valence-electron chi connectivity index (χ1n) is 13.2. The lowest BCUT2D eigenvalue weighted by Gasteiger charge is -2.58. The van der Waals surface area contributed by atoms with Crippen LogP contribution >= 0.6 is 0 Å². The summed E-state index contributed by atoms with van der Waals surface area (Å²) in [4.78, 5) is 27.8. The third-order valence-electron chi connectivity index (χ3n) is 9.88. The van der Waals surface area contributed by atoms with E-state index in [9.17, 15) is 14.7 Å². The molecule has 3 N–H and O–H groups in total. The molecule has 0 radical (unpaired) electrons. The van der Waals surface area contributed by atoms with Gasteiger partial charge in [-0.05, 0) is 93.5 Å². The number of amides is 1. The number of carbonyl (C=O) groups excluding carboxylic acids is 1. The number of carboxylic acids is 1. The number of hydrogen-bond donors (Lipinski definition) is 3. The van der Waals surface area contributed by atoms with E-state index < -0.39 is 11.6 Å². The van der Waals surface area contributed by atoms with Crippen LogP contribution < -0.4 is 5.32 Å². The van der Waals surface area contributed by atoms with Crippen LogP contribution in [-0.2, 0) is 14.4 Å². The number of carboxylic acid groups (broad SMARTS) is 1. The minimum Gasteiger partial charge on any atom is -0.481 e. The molecule has 0 aliphatic heterocycles. The molecule has 3 fully saturated rings. The highest BCUT2D eigenvalue weighted by molar-refractivity contribution is 5.96. The van der Waals surface area contributed by atoms with Crippen molar-refractivity contribution < 1.29 is 24.6 Å². The van der Waals surface area contributed by atoms with Gasteiger partial charge in [0.15, 0.2) is 6.61 Å². The molecule has 0 aromatic carbocycles. The van der Waals surface area contributed by atoms with Crippen molar-refractivity contribution in [1.82, 2.24) is 5.32 Å². The fourth-order valence-corrected chi connectivity index (χ4v) is 7.75. The Morgan fingerprint density at radius 2 is 1.94 bits per heavy atom. The maximum atomic E-state index is 11.9. The maximum absolute atomic E-state index is 11.9. The van der Waals surface area contributed by atoms with E-state index in [0.29, 0.717) is 37.1 Å². The zero-order valence-electron chi connectivity index (χ0n) is 21.1. The molecule has 0 bridgehead atoms. The van der Waals surface area contributed by atoms with Crippen LogP contribution in [0.15, 0.2) is 16.8 Å². The lowest BCUT2D eigenvalue weighted by atomic mass is 9.46. The first kappa shape index (κ1) is 25.8. The number of allylic oxidation sites excluding steroid dienone is 2. The number of hydrogen-bond acceptors (Lipinski definition) is 5. The second kappa shape index (κ2) is 9.97. The number of aliphatic carboxylic acids is 1. The average molecular weight is 485 g/mol. The van der Waals surface area contributed by atoms with Crippen molar-refractivity contribution in [3.05, 3.63) is 11.6 Å². The number of aliphatic hydroxyl groups is 1. The number of fused-ring (bicyclic) bond motifs is 5. The molecule has 1 amide bonds. The van der Waals surface area contributed by atoms with E-state index in [1.807, 2.05) is 0 Å². The zero-order valence-corrected chi connectivity index (χ0v) is 21.1. The number of oxime groups is 1. The van der Waals surface area contributed by atoms with Gasteiger partial charge in [0.1, 0.15) is 5.60 Å². The summed E-state index contributed by atoms with van der Waals surface area (Å²) in [5, 5.41) is 26.8. The number of unbranched alkanes of at least 4 members (excludes halogenated alkanes) is 1. The molecule has 0 unspecified atom stereocenters. The molecule has 0 saturated heterocycles. The summed E-state index contributed by atoms with van der Waals surface area (Å²) in [7, 11) is 0. The van der Waals surface area contributed by atoms with Crippen LogP contribution in [0.1, 0.15) is 84.5 Å². The van der Waals surface area contributed by atoms with Crippen LogP contribution in [0.3, 0.4) is 0 Å². The van der Waals surface area contributed by atoms with E-state index in [-0.39, 0.29) is 29.8 Å². The van der Waals surface area contributed by atoms with Gasteiger partial charge in [-0.3, -0.25) is 9.59 Å². The van der Waals surface area contributed by atoms with Gasteiger partial charge in [-0.25, -0.2) is 0 Å². The summed E-state index contributed by atoms with van der Waals surface area (Å²) in [5.41, 5.74) is 1.35. The predicted octanol–water partition coefficient (Wildman–Crippen LogP) is 4.06. The molecule has 3 saturated carbocycles. The highest BCUT2D eigenvalue weighted by Crippen LogP contribution is 2.67. The van der Waals surface area contributed by atoms with Gasteiger partial charge in [-0.15, -0.1) is 6.42 Å². The van der Waals surface area contributed by atoms with Crippen LogP contribution in [-0.4, -0.2) is 46.6 Å². The Morgan fingerprint density at radius 1 is 1.17 bits per heavy atom. The third kappa shape index (κ3) is 4.74. The smallest absolute Gasteiger partial charge is 0.303 e. The van der Waals surface area contributed by atoms with Gasteiger partial charge >= 0.3 is 5.97 Å². The Hall–Kier alpha value is -2.33. The fourth-order valence-electron chi connectivity index (χ4n) is 7.75. The van der Waals surface area contributed by atoms with Crippen LogP contribution in [0.4, 0.5) is 0 Å². The Bertz CT molecular complexity index is 951. The molecule has 7 heteroatoms. The largest absolute Gasteiger partial charge is 0.481 e. The van der Waals surface area contributed by atoms with E-state index in [0.717, 1.165) is 57.1 Å². The topological polar surface area (TPSA) is 108 Å². The number of rotatable bonds is 8. The second-order valence-electron chi connectivity index (χ2n) is 11.6. The lowest BCUT2D eigenvalue weighted by molar-refractivity contribution is -0.137. The first-order chi connectivity index (χ1) is 16.6. The molecule has 0 heterocycles. The number of nitrogens with one attached hydrogen (secondary N) is 1. The molecular formula is C28H40N2O5. The first-order valence-corrected chi connectivity index (χ1v) is 13.2. The van der Waals surface area contributed by atoms with Crippen molar-refractivity contribution in [2.45, 2.75) is 90.1 Å². The molecule has 4 aliphatic rings. The Morgan fingerprint density at radius 3 is 2.69 bits per heavy atom. The monoisotopic (exact) mass is 484 g/mol. The summed E-state index contributed by atoms with van der Waals surface area (Å²) >= 11 is 0. The van der Waals surface area contributed by atoms with Gasteiger partial charge in [0.05, 0.1) is 5.71 Å². The quantitative estimate of drug-likeness (QED) is 0.274. The fraction of sp³-hybridized carbons (Fsp3) is 0.750. The van der Waals surface area contributed by atoms with Crippen LogP contribution in [0.2, 0.25) is 0 Å². The van der Waals surface area contributed by atoms with Gasteiger partial charge in [0.25, 0.3) is 5.91 Å². The lowest BCUT2D eigenvalue weighted by Crippen LogP contribution is -2.54. The van der Waals surface area contributed by atoms with Crippen LogP contribution in [0, 0.1) is 40.9 Å². The van der Waals surface area contributed by atoms with Gasteiger partial charge in [-0.1, -0.05) is 30.5 Å². The molecular weight excluding hydrogens is 444 g/mol. The van der Waals surface area contributed by atoms with Crippen molar-refractivity contribution in [2.75, 3.05) is 13.2 Å². The van der Waals surface area contributed by atoms with Crippen molar-refractivity contribution in [3.63, 3.8) is 0 Å². The van der Waals surface area contributed by atoms with E-state index in [1.165, 1.54) is 5.57 Å². The minimum atomic E-state index is -0.964. The SMILES string of the molecule is C#C[C@]1(O)CC[C@H]2[C@@H]3CCC4=C/C(=N/OCC(=O)NCCCCC(=O)O)CC[C@]4(C)[C@H]3CC[C@@]21C. The summed E-state index contributed by atoms with van der Waals surface area (Å²) < 4.78 is 0. The average Bonchev–Trinajstić information content (AvgIpc) is 3.10. The van der Waals surface area contributed by atoms with Gasteiger partial charge < -0.3 is 20.4 Å². The van der Waals surface area contributed by atoms with Crippen LogP contribution in [0.25, 0.3) is 0 Å². The Labute approximate surface area is 208 Å². The van der Waals surface area contributed by atoms with Crippen molar-refractivity contribution in [3.8, 4) is 12.3 Å². The molecule has 192 valence electrons. The molecule has 7 nitrogen and oxygen atoms in total. The number of carbonyl (C=O) groups is 2. The predicted molar refractivity (Wildman–Crippen MR) is 133 cm³/mol. The van der Waals surface area contributed by atoms with Crippen molar-refractivity contribution in [2.24, 2.45) is 33.7 Å². The molecule has 4 rings (SSSR count). The summed E-state index contributed by atoms with van der Waals surface area (Å²) in [5.74, 6) is 3.39. The van der Waals surface area contributed by atoms with Crippen molar-refractivity contribution in [1.29, 1.82) is 0 Å². The molecule has 0 spiro atoms. The molecule has 0 aromatic heterocycles. The maximum Gasteiger partial charge on any atom is 0.303 e. The minimum absolute atomic E-state index is 0.113. The van der Waals surface area contributed by atoms with E-state index in [2.05, 4.69) is 36.3 Å². The van der Waals surface area contributed by atoms with E-state index in [4.69, 9.17) is 16.4 Å². The van der Waals surface area contributed by atoms with Gasteiger partial charge in [-0.2, -0.15) is 0 Å². The molecule has 4 aliphatic carbocycles. The van der Waals surface area contributed by atoms with Gasteiger partial charge in [0.2, 0.25) is 0 Å². The summed E-state index contributed by atoms with van der Waals surface area (Å²) in [6, 6.07) is 0. The molecule has 35 heavy (non-hydrogen) atoms. The van der Waals surface area contributed by atoms with Crippen molar-refractivity contribution >= 4 is 17.6 Å². The normalized spacial score (nSPS) is 39.0. The summed E-state index contributed by atoms with van der Waals surface area (Å²) in [6.07, 6.45) is 17.1. The van der Waals surface area contributed by atoms with E-state index in [1.54, 1.807) is 0 Å². The van der Waals surface area contributed by atoms with Crippen LogP contribution in [0.5, 0.6) is 0 Å². The zero-order chi connectivity index (χ0) is 25.3. The summed E-state index contributed by atoms with van der Waals surface area (Å²) in [6.45, 7) is 4.95. The molecule has 6 atom stereocenters. The number of terminal acetylenes is 1. The highest BCUT2D eigenvalue weighted by Gasteiger charge is 2.63. The van der Waals surface area contributed by atoms with Gasteiger partial charge in [0, 0.05) is 18.4 Å². The molecule has 0 aromatic rings. The Balaban J connectivity index is 1.33.